The molecular formula is C11H13ClN2O3S. The topological polar surface area (TPSA) is 69.6 Å². The predicted octanol–water partition coefficient (Wildman–Crippen LogP) is 0.780. The van der Waals surface area contributed by atoms with Crippen LogP contribution in [-0.4, -0.2) is 43.0 Å². The Bertz CT molecular complexity index is 570. The molecule has 0 unspecified atom stereocenters. The first-order valence-corrected chi connectivity index (χ1v) is 7.54. The van der Waals surface area contributed by atoms with Crippen molar-refractivity contribution in [3.8, 4) is 5.75 Å². The fraction of sp³-hybridized carbons (Fsp3) is 0.455. The summed E-state index contributed by atoms with van der Waals surface area (Å²) in [5.74, 6) is -0.293. The number of hydrogen-bond donors (Lipinski definition) is 2. The van der Waals surface area contributed by atoms with Crippen LogP contribution in [0.2, 0.25) is 5.02 Å². The number of nitrogens with zero attached hydrogens (tertiary/aromatic N) is 1. The maximum absolute atomic E-state index is 12.5. The second-order valence-corrected chi connectivity index (χ2v) is 6.89. The first kappa shape index (κ1) is 12.2. The Morgan fingerprint density at radius 1 is 1.44 bits per heavy atom. The lowest BCUT2D eigenvalue weighted by atomic mass is 10.2. The van der Waals surface area contributed by atoms with E-state index in [2.05, 4.69) is 5.32 Å². The van der Waals surface area contributed by atoms with Crippen LogP contribution in [0.5, 0.6) is 5.75 Å². The summed E-state index contributed by atoms with van der Waals surface area (Å²) in [6, 6.07) is 4.52. The van der Waals surface area contributed by atoms with Crippen molar-refractivity contribution in [1.29, 1.82) is 0 Å². The van der Waals surface area contributed by atoms with E-state index in [4.69, 9.17) is 11.6 Å². The number of phenols is 1. The van der Waals surface area contributed by atoms with Gasteiger partial charge in [0, 0.05) is 25.2 Å². The number of rotatable bonds is 2. The van der Waals surface area contributed by atoms with Gasteiger partial charge in [-0.2, -0.15) is 4.31 Å². The van der Waals surface area contributed by atoms with Crippen LogP contribution in [0.3, 0.4) is 0 Å². The van der Waals surface area contributed by atoms with Crippen LogP contribution in [0.4, 0.5) is 0 Å². The van der Waals surface area contributed by atoms with Gasteiger partial charge in [0.25, 0.3) is 0 Å². The Hall–Kier alpha value is -0.820. The van der Waals surface area contributed by atoms with Crippen molar-refractivity contribution < 1.29 is 13.5 Å². The fourth-order valence-corrected chi connectivity index (χ4v) is 4.96. The third-order valence-corrected chi connectivity index (χ3v) is 5.96. The van der Waals surface area contributed by atoms with Crippen LogP contribution in [0.1, 0.15) is 6.42 Å². The van der Waals surface area contributed by atoms with E-state index in [-0.39, 0.29) is 27.8 Å². The summed E-state index contributed by atoms with van der Waals surface area (Å²) < 4.78 is 26.5. The Morgan fingerprint density at radius 2 is 2.22 bits per heavy atom. The minimum Gasteiger partial charge on any atom is -0.506 e. The summed E-state index contributed by atoms with van der Waals surface area (Å²) >= 11 is 5.91. The maximum atomic E-state index is 12.5. The maximum Gasteiger partial charge on any atom is 0.248 e. The molecule has 2 fully saturated rings. The van der Waals surface area contributed by atoms with Crippen molar-refractivity contribution in [2.75, 3.05) is 13.1 Å². The average Bonchev–Trinajstić information content (AvgIpc) is 2.90. The van der Waals surface area contributed by atoms with Gasteiger partial charge in [0.15, 0.2) is 0 Å². The molecule has 0 radical (unpaired) electrons. The monoisotopic (exact) mass is 288 g/mol. The first-order chi connectivity index (χ1) is 8.50. The van der Waals surface area contributed by atoms with Gasteiger partial charge < -0.3 is 10.4 Å². The van der Waals surface area contributed by atoms with Gasteiger partial charge >= 0.3 is 0 Å². The van der Waals surface area contributed by atoms with Crippen molar-refractivity contribution >= 4 is 21.6 Å². The Kier molecular flexibility index (Phi) is 2.78. The third-order valence-electron chi connectivity index (χ3n) is 3.52. The molecular weight excluding hydrogens is 276 g/mol. The molecule has 2 saturated heterocycles. The summed E-state index contributed by atoms with van der Waals surface area (Å²) in [6.45, 7) is 1.10. The van der Waals surface area contributed by atoms with Crippen LogP contribution in [0.15, 0.2) is 23.1 Å². The predicted molar refractivity (Wildman–Crippen MR) is 67.2 cm³/mol. The zero-order valence-corrected chi connectivity index (χ0v) is 11.1. The lowest BCUT2D eigenvalue weighted by Crippen LogP contribution is -2.46. The number of aromatic hydroxyl groups is 1. The van der Waals surface area contributed by atoms with E-state index >= 15 is 0 Å². The van der Waals surface area contributed by atoms with E-state index in [9.17, 15) is 13.5 Å². The highest BCUT2D eigenvalue weighted by Crippen LogP contribution is 2.36. The van der Waals surface area contributed by atoms with Gasteiger partial charge in [-0.15, -0.1) is 0 Å². The van der Waals surface area contributed by atoms with E-state index in [1.807, 2.05) is 0 Å². The SMILES string of the molecule is O=S(=O)(c1c(O)cccc1Cl)N1C[C@H]2C[C@@H]1CN2. The summed E-state index contributed by atoms with van der Waals surface area (Å²) in [5, 5.41) is 13.0. The molecule has 5 nitrogen and oxygen atoms in total. The molecule has 2 bridgehead atoms. The molecule has 2 aliphatic heterocycles. The highest BCUT2D eigenvalue weighted by atomic mass is 35.5. The lowest BCUT2D eigenvalue weighted by molar-refractivity contribution is 0.346. The van der Waals surface area contributed by atoms with Gasteiger partial charge in [0.05, 0.1) is 5.02 Å². The van der Waals surface area contributed by atoms with Gasteiger partial charge in [-0.05, 0) is 18.6 Å². The molecule has 0 spiro atoms. The van der Waals surface area contributed by atoms with Crippen molar-refractivity contribution in [3.05, 3.63) is 23.2 Å². The van der Waals surface area contributed by atoms with Gasteiger partial charge in [-0.25, -0.2) is 8.42 Å². The molecule has 2 heterocycles. The summed E-state index contributed by atoms with van der Waals surface area (Å²) in [7, 11) is -3.72. The number of hydrogen-bond acceptors (Lipinski definition) is 4. The number of benzene rings is 1. The van der Waals surface area contributed by atoms with Crippen molar-refractivity contribution in [1.82, 2.24) is 9.62 Å². The van der Waals surface area contributed by atoms with E-state index in [0.717, 1.165) is 6.42 Å². The minimum atomic E-state index is -3.72. The van der Waals surface area contributed by atoms with Gasteiger partial charge in [0.1, 0.15) is 10.6 Å². The quantitative estimate of drug-likeness (QED) is 0.844. The fourth-order valence-electron chi connectivity index (χ4n) is 2.69. The molecule has 2 atom stereocenters. The molecule has 7 heteroatoms. The van der Waals surface area contributed by atoms with Crippen LogP contribution in [0, 0.1) is 0 Å². The Labute approximate surface area is 110 Å². The zero-order valence-electron chi connectivity index (χ0n) is 9.51. The van der Waals surface area contributed by atoms with E-state index in [1.54, 1.807) is 0 Å². The molecule has 98 valence electrons. The average molecular weight is 289 g/mol. The minimum absolute atomic E-state index is 0.0318. The number of fused-ring (bicyclic) bond motifs is 2. The van der Waals surface area contributed by atoms with Gasteiger partial charge in [0.2, 0.25) is 10.0 Å². The molecule has 0 amide bonds. The second kappa shape index (κ2) is 4.09. The number of halogens is 1. The smallest absolute Gasteiger partial charge is 0.248 e. The lowest BCUT2D eigenvalue weighted by Gasteiger charge is -2.27. The summed E-state index contributed by atoms with van der Waals surface area (Å²) in [6.07, 6.45) is 0.824. The zero-order chi connectivity index (χ0) is 12.9. The largest absolute Gasteiger partial charge is 0.506 e. The van der Waals surface area contributed by atoms with Gasteiger partial charge in [-0.3, -0.25) is 0 Å². The molecule has 2 N–H and O–H groups in total. The third kappa shape index (κ3) is 1.72. The molecule has 1 aromatic rings. The molecule has 0 aromatic heterocycles. The molecule has 1 aromatic carbocycles. The highest BCUT2D eigenvalue weighted by Gasteiger charge is 2.45. The second-order valence-electron chi connectivity index (χ2n) is 4.66. The molecule has 0 aliphatic carbocycles. The standard InChI is InChI=1S/C11H13ClN2O3S/c12-9-2-1-3-10(15)11(9)18(16,17)14-6-7-4-8(14)5-13-7/h1-3,7-8,13,15H,4-6H2/t7-,8-/m1/s1. The van der Waals surface area contributed by atoms with Crippen molar-refractivity contribution in [2.45, 2.75) is 23.4 Å². The van der Waals surface area contributed by atoms with Gasteiger partial charge in [-0.1, -0.05) is 17.7 Å². The normalized spacial score (nSPS) is 27.8. The molecule has 3 rings (SSSR count). The van der Waals surface area contributed by atoms with Crippen molar-refractivity contribution in [2.24, 2.45) is 0 Å². The van der Waals surface area contributed by atoms with E-state index in [1.165, 1.54) is 22.5 Å². The number of nitrogens with one attached hydrogen (secondary N) is 1. The van der Waals surface area contributed by atoms with E-state index < -0.39 is 10.0 Å². The van der Waals surface area contributed by atoms with Crippen LogP contribution in [-0.2, 0) is 10.0 Å². The molecule has 2 aliphatic rings. The Balaban J connectivity index is 2.05. The van der Waals surface area contributed by atoms with E-state index in [0.29, 0.717) is 13.1 Å². The van der Waals surface area contributed by atoms with Crippen LogP contribution < -0.4 is 5.32 Å². The number of sulfonamides is 1. The highest BCUT2D eigenvalue weighted by molar-refractivity contribution is 7.89. The first-order valence-electron chi connectivity index (χ1n) is 5.73. The molecule has 18 heavy (non-hydrogen) atoms. The summed E-state index contributed by atoms with van der Waals surface area (Å²) in [4.78, 5) is -0.181. The van der Waals surface area contributed by atoms with Crippen LogP contribution >= 0.6 is 11.6 Å². The summed E-state index contributed by atoms with van der Waals surface area (Å²) in [5.41, 5.74) is 0. The van der Waals surface area contributed by atoms with Crippen LogP contribution in [0.25, 0.3) is 0 Å². The number of piperazine rings is 1. The Morgan fingerprint density at radius 3 is 2.78 bits per heavy atom. The molecule has 0 saturated carbocycles. The van der Waals surface area contributed by atoms with Crippen molar-refractivity contribution in [3.63, 3.8) is 0 Å². The number of phenolic OH excluding ortho intramolecular Hbond substituents is 1.